The first-order chi connectivity index (χ1) is 8.75. The van der Waals surface area contributed by atoms with Crippen molar-refractivity contribution in [3.8, 4) is 0 Å². The van der Waals surface area contributed by atoms with Crippen LogP contribution in [-0.2, 0) is 6.42 Å². The number of Topliss-reactive ketones (excluding diaryl/α,β-unsaturated/α-hetero) is 1. The van der Waals surface area contributed by atoms with Crippen LogP contribution >= 0.6 is 11.3 Å². The molecule has 2 aromatic heterocycles. The lowest BCUT2D eigenvalue weighted by atomic mass is 9.84. The Hall–Kier alpha value is -1.55. The van der Waals surface area contributed by atoms with Gasteiger partial charge in [-0.05, 0) is 37.8 Å². The second-order valence-corrected chi connectivity index (χ2v) is 5.84. The average molecular weight is 258 g/mol. The van der Waals surface area contributed by atoms with Gasteiger partial charge in [-0.3, -0.25) is 9.78 Å². The molecule has 0 saturated carbocycles. The topological polar surface area (TPSA) is 42.9 Å². The van der Waals surface area contributed by atoms with Gasteiger partial charge in [0.15, 0.2) is 5.78 Å². The van der Waals surface area contributed by atoms with Crippen LogP contribution in [0.3, 0.4) is 0 Å². The molecule has 4 heteroatoms. The Morgan fingerprint density at radius 2 is 2.33 bits per heavy atom. The van der Waals surface area contributed by atoms with Gasteiger partial charge in [0, 0.05) is 12.4 Å². The lowest BCUT2D eigenvalue weighted by Crippen LogP contribution is -2.19. The van der Waals surface area contributed by atoms with Crippen molar-refractivity contribution in [1.82, 2.24) is 9.97 Å². The highest BCUT2D eigenvalue weighted by Gasteiger charge is 2.29. The first kappa shape index (κ1) is 11.5. The number of aromatic nitrogens is 2. The molecule has 0 aromatic carbocycles. The summed E-state index contributed by atoms with van der Waals surface area (Å²) in [5, 5.41) is 0.940. The predicted octanol–water partition coefficient (Wildman–Crippen LogP) is 3.15. The molecule has 0 aliphatic heterocycles. The molecule has 0 N–H and O–H groups in total. The lowest BCUT2D eigenvalue weighted by molar-refractivity contribution is 0.0953. The summed E-state index contributed by atoms with van der Waals surface area (Å²) in [4.78, 5) is 21.8. The van der Waals surface area contributed by atoms with Gasteiger partial charge in [-0.1, -0.05) is 6.07 Å². The van der Waals surface area contributed by atoms with Crippen LogP contribution in [0.1, 0.15) is 44.7 Å². The van der Waals surface area contributed by atoms with E-state index in [1.165, 1.54) is 16.9 Å². The number of thiazole rings is 1. The number of carbonyl (C=O) groups excluding carboxylic acids is 1. The molecular weight excluding hydrogens is 244 g/mol. The Morgan fingerprint density at radius 1 is 1.44 bits per heavy atom. The number of ketones is 1. The van der Waals surface area contributed by atoms with Crippen molar-refractivity contribution in [3.05, 3.63) is 45.7 Å². The van der Waals surface area contributed by atoms with Crippen molar-refractivity contribution in [3.63, 3.8) is 0 Å². The molecule has 0 bridgehead atoms. The molecule has 2 aromatic rings. The van der Waals surface area contributed by atoms with E-state index in [2.05, 4.69) is 16.0 Å². The van der Waals surface area contributed by atoms with Crippen molar-refractivity contribution >= 4 is 17.1 Å². The monoisotopic (exact) mass is 258 g/mol. The Morgan fingerprint density at radius 3 is 3.11 bits per heavy atom. The van der Waals surface area contributed by atoms with Crippen molar-refractivity contribution in [2.24, 2.45) is 0 Å². The minimum absolute atomic E-state index is 0.0743. The van der Waals surface area contributed by atoms with Gasteiger partial charge in [0.1, 0.15) is 0 Å². The lowest BCUT2D eigenvalue weighted by Gasteiger charge is -2.22. The molecule has 0 fully saturated rings. The fourth-order valence-electron chi connectivity index (χ4n) is 2.51. The smallest absolute Gasteiger partial charge is 0.183 e. The van der Waals surface area contributed by atoms with E-state index in [1.54, 1.807) is 12.4 Å². The summed E-state index contributed by atoms with van der Waals surface area (Å²) in [6.45, 7) is 1.93. The third-order valence-corrected chi connectivity index (χ3v) is 4.30. The zero-order valence-corrected chi connectivity index (χ0v) is 11.0. The number of aryl methyl sites for hydroxylation is 2. The third kappa shape index (κ3) is 1.97. The first-order valence-electron chi connectivity index (χ1n) is 6.16. The van der Waals surface area contributed by atoms with Crippen LogP contribution in [0.15, 0.2) is 24.5 Å². The van der Waals surface area contributed by atoms with Gasteiger partial charge in [-0.15, -0.1) is 11.3 Å². The van der Waals surface area contributed by atoms with Crippen LogP contribution in [0.5, 0.6) is 0 Å². The Balaban J connectivity index is 1.96. The molecule has 1 aliphatic carbocycles. The van der Waals surface area contributed by atoms with Gasteiger partial charge in [-0.25, -0.2) is 4.98 Å². The Labute approximate surface area is 110 Å². The van der Waals surface area contributed by atoms with Crippen molar-refractivity contribution in [2.45, 2.75) is 32.1 Å². The highest BCUT2D eigenvalue weighted by atomic mass is 32.1. The fourth-order valence-corrected chi connectivity index (χ4v) is 3.28. The molecule has 1 atom stereocenters. The van der Waals surface area contributed by atoms with Gasteiger partial charge in [0.05, 0.1) is 21.5 Å². The molecule has 3 rings (SSSR count). The molecule has 1 aliphatic rings. The maximum absolute atomic E-state index is 12.5. The Kier molecular flexibility index (Phi) is 2.96. The summed E-state index contributed by atoms with van der Waals surface area (Å²) < 4.78 is 0. The zero-order chi connectivity index (χ0) is 12.5. The second kappa shape index (κ2) is 4.61. The molecule has 0 saturated heterocycles. The highest BCUT2D eigenvalue weighted by Crippen LogP contribution is 2.33. The maximum atomic E-state index is 12.5. The van der Waals surface area contributed by atoms with E-state index in [4.69, 9.17) is 0 Å². The van der Waals surface area contributed by atoms with Crippen molar-refractivity contribution < 1.29 is 4.79 Å². The van der Waals surface area contributed by atoms with Crippen LogP contribution in [0.2, 0.25) is 0 Å². The highest BCUT2D eigenvalue weighted by molar-refractivity contribution is 7.13. The minimum atomic E-state index is -0.0743. The van der Waals surface area contributed by atoms with E-state index in [0.717, 1.165) is 34.8 Å². The van der Waals surface area contributed by atoms with E-state index >= 15 is 0 Å². The number of pyridine rings is 1. The van der Waals surface area contributed by atoms with Gasteiger partial charge in [0.25, 0.3) is 0 Å². The zero-order valence-electron chi connectivity index (χ0n) is 10.2. The van der Waals surface area contributed by atoms with Gasteiger partial charge in [0.2, 0.25) is 0 Å². The molecule has 0 radical (unpaired) electrons. The number of hydrogen-bond acceptors (Lipinski definition) is 4. The third-order valence-electron chi connectivity index (χ3n) is 3.38. The van der Waals surface area contributed by atoms with Gasteiger partial charge < -0.3 is 0 Å². The van der Waals surface area contributed by atoms with E-state index in [1.807, 2.05) is 13.0 Å². The SMILES string of the molecule is Cc1ncc(C(=O)C2CCCc3cccnc32)s1. The number of rotatable bonds is 2. The molecule has 92 valence electrons. The second-order valence-electron chi connectivity index (χ2n) is 4.60. The fraction of sp³-hybridized carbons (Fsp3) is 0.357. The quantitative estimate of drug-likeness (QED) is 0.777. The summed E-state index contributed by atoms with van der Waals surface area (Å²) >= 11 is 1.48. The molecule has 2 heterocycles. The summed E-state index contributed by atoms with van der Waals surface area (Å²) in [5.41, 5.74) is 2.20. The van der Waals surface area contributed by atoms with Crippen LogP contribution in [-0.4, -0.2) is 15.8 Å². The number of nitrogens with zero attached hydrogens (tertiary/aromatic N) is 2. The first-order valence-corrected chi connectivity index (χ1v) is 6.98. The van der Waals surface area contributed by atoms with E-state index in [-0.39, 0.29) is 11.7 Å². The molecule has 0 spiro atoms. The van der Waals surface area contributed by atoms with Crippen LogP contribution in [0, 0.1) is 6.92 Å². The summed E-state index contributed by atoms with van der Waals surface area (Å²) in [6, 6.07) is 4.03. The molecule has 1 unspecified atom stereocenters. The number of carbonyl (C=O) groups is 1. The molecule has 3 nitrogen and oxygen atoms in total. The van der Waals surface area contributed by atoms with Crippen molar-refractivity contribution in [1.29, 1.82) is 0 Å². The largest absolute Gasteiger partial charge is 0.292 e. The standard InChI is InChI=1S/C14H14N2OS/c1-9-16-8-12(18-9)14(17)11-6-2-4-10-5-3-7-15-13(10)11/h3,5,7-8,11H,2,4,6H2,1H3. The number of hydrogen-bond donors (Lipinski definition) is 0. The molecule has 18 heavy (non-hydrogen) atoms. The van der Waals surface area contributed by atoms with E-state index in [0.29, 0.717) is 0 Å². The van der Waals surface area contributed by atoms with Crippen LogP contribution in [0.4, 0.5) is 0 Å². The maximum Gasteiger partial charge on any atom is 0.183 e. The summed E-state index contributed by atoms with van der Waals surface area (Å²) in [5.74, 6) is 0.107. The summed E-state index contributed by atoms with van der Waals surface area (Å²) in [7, 11) is 0. The molecule has 0 amide bonds. The van der Waals surface area contributed by atoms with Crippen LogP contribution in [0.25, 0.3) is 0 Å². The molecular formula is C14H14N2OS. The van der Waals surface area contributed by atoms with Gasteiger partial charge >= 0.3 is 0 Å². The normalized spacial score (nSPS) is 18.4. The predicted molar refractivity (Wildman–Crippen MR) is 71.1 cm³/mol. The van der Waals surface area contributed by atoms with Gasteiger partial charge in [-0.2, -0.15) is 0 Å². The van der Waals surface area contributed by atoms with E-state index < -0.39 is 0 Å². The van der Waals surface area contributed by atoms with Crippen LogP contribution < -0.4 is 0 Å². The Bertz CT molecular complexity index is 591. The van der Waals surface area contributed by atoms with Crippen molar-refractivity contribution in [2.75, 3.05) is 0 Å². The summed E-state index contributed by atoms with van der Waals surface area (Å²) in [6.07, 6.45) is 6.48. The van der Waals surface area contributed by atoms with E-state index in [9.17, 15) is 4.79 Å². The number of fused-ring (bicyclic) bond motifs is 1. The average Bonchev–Trinajstić information content (AvgIpc) is 2.84. The minimum Gasteiger partial charge on any atom is -0.292 e.